The molecule has 2 aromatic heterocycles. The number of thioether (sulfide) groups is 1. The van der Waals surface area contributed by atoms with Gasteiger partial charge < -0.3 is 4.90 Å². The van der Waals surface area contributed by atoms with Crippen LogP contribution in [0.4, 0.5) is 0 Å². The lowest BCUT2D eigenvalue weighted by Crippen LogP contribution is -2.33. The highest BCUT2D eigenvalue weighted by atomic mass is 35.5. The summed E-state index contributed by atoms with van der Waals surface area (Å²) in [6.45, 7) is 1.66. The predicted octanol–water partition coefficient (Wildman–Crippen LogP) is 4.10. The Morgan fingerprint density at radius 3 is 3.00 bits per heavy atom. The van der Waals surface area contributed by atoms with Gasteiger partial charge in [0.05, 0.1) is 9.21 Å². The van der Waals surface area contributed by atoms with Gasteiger partial charge in [0.2, 0.25) is 0 Å². The lowest BCUT2D eigenvalue weighted by molar-refractivity contribution is 0.0763. The Bertz CT molecular complexity index is 602. The third-order valence-electron chi connectivity index (χ3n) is 3.02. The van der Waals surface area contributed by atoms with Crippen molar-refractivity contribution in [2.45, 2.75) is 6.42 Å². The molecule has 0 saturated carbocycles. The van der Waals surface area contributed by atoms with Crippen LogP contribution in [0.25, 0.3) is 9.88 Å². The zero-order valence-electron chi connectivity index (χ0n) is 10.7. The molecule has 0 spiro atoms. The summed E-state index contributed by atoms with van der Waals surface area (Å²) in [6.07, 6.45) is 1.06. The molecule has 0 aliphatic carbocycles. The molecule has 7 heteroatoms. The van der Waals surface area contributed by atoms with E-state index in [-0.39, 0.29) is 5.91 Å². The molecule has 0 atom stereocenters. The molecule has 0 unspecified atom stereocenters. The number of hydrogen-bond donors (Lipinski definition) is 0. The lowest BCUT2D eigenvalue weighted by Gasteiger charge is -2.18. The predicted molar refractivity (Wildman–Crippen MR) is 88.3 cm³/mol. The number of amides is 1. The molecule has 3 rings (SSSR count). The van der Waals surface area contributed by atoms with Gasteiger partial charge >= 0.3 is 0 Å². The third-order valence-corrected chi connectivity index (χ3v) is 6.31. The maximum Gasteiger partial charge on any atom is 0.273 e. The summed E-state index contributed by atoms with van der Waals surface area (Å²) in [5.41, 5.74) is 0.557. The second-order valence-corrected chi connectivity index (χ2v) is 8.20. The number of thiophene rings is 1. The molecule has 3 heterocycles. The second kappa shape index (κ2) is 6.47. The van der Waals surface area contributed by atoms with Crippen molar-refractivity contribution in [2.24, 2.45) is 0 Å². The normalized spacial score (nSPS) is 16.1. The molecule has 2 aromatic rings. The van der Waals surface area contributed by atoms with Crippen molar-refractivity contribution in [3.63, 3.8) is 0 Å². The van der Waals surface area contributed by atoms with Crippen molar-refractivity contribution in [2.75, 3.05) is 24.6 Å². The lowest BCUT2D eigenvalue weighted by atomic mass is 10.3. The zero-order chi connectivity index (χ0) is 13.9. The summed E-state index contributed by atoms with van der Waals surface area (Å²) in [7, 11) is 0. The Balaban J connectivity index is 1.77. The first-order valence-electron chi connectivity index (χ1n) is 6.32. The van der Waals surface area contributed by atoms with Gasteiger partial charge in [-0.3, -0.25) is 4.79 Å². The monoisotopic (exact) mass is 344 g/mol. The highest BCUT2D eigenvalue weighted by Crippen LogP contribution is 2.33. The van der Waals surface area contributed by atoms with Gasteiger partial charge in [0.25, 0.3) is 5.91 Å². The fourth-order valence-electron chi connectivity index (χ4n) is 2.03. The van der Waals surface area contributed by atoms with Crippen LogP contribution in [-0.2, 0) is 0 Å². The molecular formula is C13H13ClN2OS3. The van der Waals surface area contributed by atoms with Gasteiger partial charge in [-0.2, -0.15) is 11.8 Å². The molecule has 20 heavy (non-hydrogen) atoms. The van der Waals surface area contributed by atoms with Crippen LogP contribution in [0.3, 0.4) is 0 Å². The van der Waals surface area contributed by atoms with E-state index in [1.807, 2.05) is 34.2 Å². The smallest absolute Gasteiger partial charge is 0.273 e. The summed E-state index contributed by atoms with van der Waals surface area (Å²) < 4.78 is 0.743. The molecule has 0 bridgehead atoms. The molecule has 0 N–H and O–H groups in total. The molecule has 1 saturated heterocycles. The first-order chi connectivity index (χ1) is 9.74. The summed E-state index contributed by atoms with van der Waals surface area (Å²) in [4.78, 5) is 19.8. The Labute approximate surface area is 135 Å². The van der Waals surface area contributed by atoms with E-state index < -0.39 is 0 Å². The van der Waals surface area contributed by atoms with Gasteiger partial charge in [-0.05, 0) is 24.3 Å². The van der Waals surface area contributed by atoms with Crippen LogP contribution in [-0.4, -0.2) is 40.4 Å². The van der Waals surface area contributed by atoms with Crippen LogP contribution in [0, 0.1) is 0 Å². The van der Waals surface area contributed by atoms with Crippen molar-refractivity contribution in [1.29, 1.82) is 0 Å². The number of rotatable bonds is 2. The maximum atomic E-state index is 12.4. The van der Waals surface area contributed by atoms with Crippen LogP contribution in [0.2, 0.25) is 4.34 Å². The Hall–Kier alpha value is -0.560. The summed E-state index contributed by atoms with van der Waals surface area (Å²) >= 11 is 10.8. The number of halogens is 1. The van der Waals surface area contributed by atoms with Gasteiger partial charge in [0.1, 0.15) is 10.7 Å². The van der Waals surface area contributed by atoms with Crippen molar-refractivity contribution in [3.8, 4) is 9.88 Å². The number of hydrogen-bond acceptors (Lipinski definition) is 5. The number of nitrogens with zero attached hydrogens (tertiary/aromatic N) is 2. The molecule has 1 fully saturated rings. The van der Waals surface area contributed by atoms with E-state index in [1.54, 1.807) is 0 Å². The van der Waals surface area contributed by atoms with Crippen LogP contribution >= 0.6 is 46.0 Å². The van der Waals surface area contributed by atoms with E-state index in [4.69, 9.17) is 11.6 Å². The fraction of sp³-hybridized carbons (Fsp3) is 0.385. The Morgan fingerprint density at radius 2 is 2.20 bits per heavy atom. The van der Waals surface area contributed by atoms with Crippen molar-refractivity contribution in [3.05, 3.63) is 27.5 Å². The summed E-state index contributed by atoms with van der Waals surface area (Å²) in [5.74, 6) is 2.21. The third kappa shape index (κ3) is 3.19. The van der Waals surface area contributed by atoms with Crippen LogP contribution in [0.1, 0.15) is 16.9 Å². The standard InChI is InChI=1S/C13H13ClN2OS3/c14-11-3-2-10(20-11)12-15-9(8-19-12)13(17)16-4-1-6-18-7-5-16/h2-3,8H,1,4-7H2. The van der Waals surface area contributed by atoms with E-state index >= 15 is 0 Å². The summed E-state index contributed by atoms with van der Waals surface area (Å²) in [6, 6.07) is 3.80. The minimum Gasteiger partial charge on any atom is -0.336 e. The van der Waals surface area contributed by atoms with Crippen LogP contribution in [0.15, 0.2) is 17.5 Å². The van der Waals surface area contributed by atoms with Crippen molar-refractivity contribution < 1.29 is 4.79 Å². The Kier molecular flexibility index (Phi) is 4.65. The molecule has 3 nitrogen and oxygen atoms in total. The van der Waals surface area contributed by atoms with Gasteiger partial charge in [0, 0.05) is 24.2 Å². The van der Waals surface area contributed by atoms with Crippen molar-refractivity contribution >= 4 is 51.9 Å². The number of thiazole rings is 1. The van der Waals surface area contributed by atoms with E-state index in [9.17, 15) is 4.79 Å². The minimum atomic E-state index is 0.0534. The number of aromatic nitrogens is 1. The minimum absolute atomic E-state index is 0.0534. The quantitative estimate of drug-likeness (QED) is 0.822. The van der Waals surface area contributed by atoms with Crippen molar-refractivity contribution in [1.82, 2.24) is 9.88 Å². The number of carbonyl (C=O) groups excluding carboxylic acids is 1. The van der Waals surface area contributed by atoms with E-state index in [2.05, 4.69) is 4.98 Å². The molecule has 0 aromatic carbocycles. The second-order valence-electron chi connectivity index (χ2n) is 4.40. The van der Waals surface area contributed by atoms with Crippen LogP contribution < -0.4 is 0 Å². The van der Waals surface area contributed by atoms with Crippen LogP contribution in [0.5, 0.6) is 0 Å². The molecule has 106 valence electrons. The first kappa shape index (κ1) is 14.4. The zero-order valence-corrected chi connectivity index (χ0v) is 13.9. The Morgan fingerprint density at radius 1 is 1.30 bits per heavy atom. The largest absolute Gasteiger partial charge is 0.336 e. The highest BCUT2D eigenvalue weighted by molar-refractivity contribution is 7.99. The number of carbonyl (C=O) groups is 1. The van der Waals surface area contributed by atoms with E-state index in [1.165, 1.54) is 22.7 Å². The maximum absolute atomic E-state index is 12.4. The molecule has 1 aliphatic heterocycles. The molecule has 1 amide bonds. The molecule has 0 radical (unpaired) electrons. The highest BCUT2D eigenvalue weighted by Gasteiger charge is 2.20. The summed E-state index contributed by atoms with van der Waals surface area (Å²) in [5, 5.41) is 2.72. The fourth-order valence-corrected chi connectivity index (χ4v) is 4.82. The average molecular weight is 345 g/mol. The van der Waals surface area contributed by atoms with Gasteiger partial charge in [0.15, 0.2) is 0 Å². The molecule has 1 aliphatic rings. The first-order valence-corrected chi connectivity index (χ1v) is 9.55. The van der Waals surface area contributed by atoms with Gasteiger partial charge in [-0.1, -0.05) is 11.6 Å². The van der Waals surface area contributed by atoms with Gasteiger partial charge in [-0.25, -0.2) is 4.98 Å². The topological polar surface area (TPSA) is 33.2 Å². The SMILES string of the molecule is O=C(c1csc(-c2ccc(Cl)s2)n1)N1CCCSCC1. The average Bonchev–Trinajstić information content (AvgIpc) is 3.00. The van der Waals surface area contributed by atoms with E-state index in [0.717, 1.165) is 45.2 Å². The van der Waals surface area contributed by atoms with Gasteiger partial charge in [-0.15, -0.1) is 22.7 Å². The molecular weight excluding hydrogens is 332 g/mol. The van der Waals surface area contributed by atoms with E-state index in [0.29, 0.717) is 5.69 Å².